The van der Waals surface area contributed by atoms with Crippen LogP contribution in [0.1, 0.15) is 43.6 Å². The summed E-state index contributed by atoms with van der Waals surface area (Å²) in [6, 6.07) is 8.68. The molecule has 0 spiro atoms. The highest BCUT2D eigenvalue weighted by atomic mass is 16.5. The lowest BCUT2D eigenvalue weighted by molar-refractivity contribution is 0.436. The van der Waals surface area contributed by atoms with E-state index in [9.17, 15) is 0 Å². The van der Waals surface area contributed by atoms with Crippen molar-refractivity contribution < 1.29 is 4.52 Å². The number of anilines is 1. The van der Waals surface area contributed by atoms with Gasteiger partial charge in [0.1, 0.15) is 0 Å². The average molecular weight is 242 g/mol. The molecule has 3 nitrogen and oxygen atoms in total. The number of nitrogen functional groups attached to an aromatic ring is 1. The fraction of sp³-hybridized carbons (Fsp3) is 0.400. The van der Waals surface area contributed by atoms with Crippen molar-refractivity contribution in [2.75, 3.05) is 5.73 Å². The molecule has 1 aliphatic rings. The van der Waals surface area contributed by atoms with E-state index < -0.39 is 0 Å². The molecular weight excluding hydrogens is 224 g/mol. The molecule has 3 rings (SSSR count). The largest absolute Gasteiger partial charge is 0.367 e. The number of nitrogens with two attached hydrogens (primary N) is 1. The highest BCUT2D eigenvalue weighted by Gasteiger charge is 2.15. The topological polar surface area (TPSA) is 52.0 Å². The monoisotopic (exact) mass is 242 g/mol. The van der Waals surface area contributed by atoms with Gasteiger partial charge in [0.25, 0.3) is 0 Å². The van der Waals surface area contributed by atoms with Gasteiger partial charge in [-0.15, -0.1) is 0 Å². The number of hydrogen-bond acceptors (Lipinski definition) is 3. The highest BCUT2D eigenvalue weighted by molar-refractivity contribution is 5.71. The summed E-state index contributed by atoms with van der Waals surface area (Å²) in [4.78, 5) is 0. The van der Waals surface area contributed by atoms with Crippen molar-refractivity contribution in [1.29, 1.82) is 0 Å². The molecule has 94 valence electrons. The van der Waals surface area contributed by atoms with Crippen LogP contribution in [0.5, 0.6) is 0 Å². The molecule has 0 bridgehead atoms. The number of benzene rings is 1. The molecule has 0 atom stereocenters. The van der Waals surface area contributed by atoms with E-state index in [1.165, 1.54) is 37.7 Å². The van der Waals surface area contributed by atoms with Crippen molar-refractivity contribution in [1.82, 2.24) is 5.16 Å². The second-order valence-electron chi connectivity index (χ2n) is 5.06. The summed E-state index contributed by atoms with van der Waals surface area (Å²) in [5.41, 5.74) is 9.13. The molecule has 18 heavy (non-hydrogen) atoms. The molecule has 0 aliphatic heterocycles. The average Bonchev–Trinajstić information content (AvgIpc) is 2.86. The standard InChI is InChI=1S/C15H18N2O/c16-15-14(10-17-18-15)13-8-6-12(7-9-13)11-4-2-1-3-5-11/h6-11H,1-5,16H2. The van der Waals surface area contributed by atoms with Gasteiger partial charge in [-0.05, 0) is 29.9 Å². The minimum atomic E-state index is 0.389. The molecule has 2 aromatic rings. The van der Waals surface area contributed by atoms with Gasteiger partial charge in [0.15, 0.2) is 0 Å². The molecule has 0 saturated heterocycles. The predicted molar refractivity (Wildman–Crippen MR) is 72.2 cm³/mol. The first-order valence-corrected chi connectivity index (χ1v) is 6.65. The summed E-state index contributed by atoms with van der Waals surface area (Å²) in [6.07, 6.45) is 8.45. The van der Waals surface area contributed by atoms with Crippen molar-refractivity contribution in [3.8, 4) is 11.1 Å². The molecule has 1 heterocycles. The van der Waals surface area contributed by atoms with E-state index in [-0.39, 0.29) is 0 Å². The first-order chi connectivity index (χ1) is 8.84. The highest BCUT2D eigenvalue weighted by Crippen LogP contribution is 2.34. The van der Waals surface area contributed by atoms with Gasteiger partial charge in [0, 0.05) is 0 Å². The quantitative estimate of drug-likeness (QED) is 0.866. The van der Waals surface area contributed by atoms with Crippen LogP contribution < -0.4 is 5.73 Å². The first kappa shape index (κ1) is 11.3. The Morgan fingerprint density at radius 3 is 2.39 bits per heavy atom. The predicted octanol–water partition coefficient (Wildman–Crippen LogP) is 3.97. The van der Waals surface area contributed by atoms with Crippen molar-refractivity contribution in [2.45, 2.75) is 38.0 Å². The maximum Gasteiger partial charge on any atom is 0.229 e. The van der Waals surface area contributed by atoms with Crippen molar-refractivity contribution >= 4 is 5.88 Å². The van der Waals surface area contributed by atoms with Crippen LogP contribution in [0.4, 0.5) is 5.88 Å². The maximum absolute atomic E-state index is 5.72. The molecule has 0 unspecified atom stereocenters. The van der Waals surface area contributed by atoms with Gasteiger partial charge in [-0.3, -0.25) is 0 Å². The lowest BCUT2D eigenvalue weighted by Gasteiger charge is -2.22. The van der Waals surface area contributed by atoms with E-state index in [0.717, 1.165) is 17.0 Å². The fourth-order valence-corrected chi connectivity index (χ4v) is 2.84. The normalized spacial score (nSPS) is 16.9. The smallest absolute Gasteiger partial charge is 0.229 e. The Bertz CT molecular complexity index is 510. The molecule has 1 aromatic heterocycles. The van der Waals surface area contributed by atoms with Gasteiger partial charge in [-0.1, -0.05) is 48.7 Å². The summed E-state index contributed by atoms with van der Waals surface area (Å²) in [6.45, 7) is 0. The second-order valence-corrected chi connectivity index (χ2v) is 5.06. The van der Waals surface area contributed by atoms with Crippen molar-refractivity contribution in [2.24, 2.45) is 0 Å². The van der Waals surface area contributed by atoms with E-state index >= 15 is 0 Å². The first-order valence-electron chi connectivity index (χ1n) is 6.65. The molecule has 3 heteroatoms. The summed E-state index contributed by atoms with van der Waals surface area (Å²) >= 11 is 0. The Hall–Kier alpha value is -1.77. The molecule has 1 fully saturated rings. The molecule has 1 aliphatic carbocycles. The Balaban J connectivity index is 1.82. The van der Waals surface area contributed by atoms with Gasteiger partial charge in [-0.2, -0.15) is 0 Å². The fourth-order valence-electron chi connectivity index (χ4n) is 2.84. The van der Waals surface area contributed by atoms with Crippen molar-refractivity contribution in [3.63, 3.8) is 0 Å². The number of rotatable bonds is 2. The molecule has 0 radical (unpaired) electrons. The third-order valence-electron chi connectivity index (χ3n) is 3.90. The van der Waals surface area contributed by atoms with Crippen LogP contribution in [0.15, 0.2) is 35.0 Å². The summed E-state index contributed by atoms with van der Waals surface area (Å²) in [7, 11) is 0. The van der Waals surface area contributed by atoms with Gasteiger partial charge < -0.3 is 10.3 Å². The van der Waals surface area contributed by atoms with Gasteiger partial charge in [-0.25, -0.2) is 0 Å². The zero-order chi connectivity index (χ0) is 12.4. The van der Waals surface area contributed by atoms with E-state index in [0.29, 0.717) is 5.88 Å². The third kappa shape index (κ3) is 2.13. The van der Waals surface area contributed by atoms with Crippen LogP contribution in [-0.4, -0.2) is 5.16 Å². The number of nitrogens with zero attached hydrogens (tertiary/aromatic N) is 1. The van der Waals surface area contributed by atoms with Gasteiger partial charge in [0.05, 0.1) is 11.8 Å². The zero-order valence-electron chi connectivity index (χ0n) is 10.4. The Kier molecular flexibility index (Phi) is 3.05. The molecule has 1 aromatic carbocycles. The van der Waals surface area contributed by atoms with Gasteiger partial charge >= 0.3 is 0 Å². The lowest BCUT2D eigenvalue weighted by atomic mass is 9.84. The Morgan fingerprint density at radius 2 is 1.78 bits per heavy atom. The molecular formula is C15H18N2O. The number of aromatic nitrogens is 1. The number of hydrogen-bond donors (Lipinski definition) is 1. The minimum Gasteiger partial charge on any atom is -0.367 e. The van der Waals surface area contributed by atoms with Crippen LogP contribution in [0.2, 0.25) is 0 Å². The van der Waals surface area contributed by atoms with Crippen LogP contribution in [0.25, 0.3) is 11.1 Å². The molecule has 2 N–H and O–H groups in total. The zero-order valence-corrected chi connectivity index (χ0v) is 10.4. The van der Waals surface area contributed by atoms with Crippen LogP contribution >= 0.6 is 0 Å². The van der Waals surface area contributed by atoms with Gasteiger partial charge in [0.2, 0.25) is 5.88 Å². The SMILES string of the molecule is Nc1oncc1-c1ccc(C2CCCCC2)cc1. The van der Waals surface area contributed by atoms with Crippen molar-refractivity contribution in [3.05, 3.63) is 36.0 Å². The third-order valence-corrected chi connectivity index (χ3v) is 3.90. The van der Waals surface area contributed by atoms with E-state index in [1.807, 2.05) is 0 Å². The van der Waals surface area contributed by atoms with Crippen LogP contribution in [0.3, 0.4) is 0 Å². The maximum atomic E-state index is 5.72. The summed E-state index contributed by atoms with van der Waals surface area (Å²) < 4.78 is 4.89. The minimum absolute atomic E-state index is 0.389. The molecule has 0 amide bonds. The van der Waals surface area contributed by atoms with Crippen LogP contribution in [0, 0.1) is 0 Å². The molecule has 1 saturated carbocycles. The Morgan fingerprint density at radius 1 is 1.06 bits per heavy atom. The van der Waals surface area contributed by atoms with E-state index in [2.05, 4.69) is 29.4 Å². The van der Waals surface area contributed by atoms with E-state index in [1.54, 1.807) is 6.20 Å². The van der Waals surface area contributed by atoms with E-state index in [4.69, 9.17) is 10.3 Å². The van der Waals surface area contributed by atoms with Crippen LogP contribution in [-0.2, 0) is 0 Å². The summed E-state index contributed by atoms with van der Waals surface area (Å²) in [5, 5.41) is 3.71. The summed E-state index contributed by atoms with van der Waals surface area (Å²) in [5.74, 6) is 1.13. The lowest BCUT2D eigenvalue weighted by Crippen LogP contribution is -2.04. The second kappa shape index (κ2) is 4.84. The Labute approximate surface area is 107 Å².